The molecule has 0 atom stereocenters. The summed E-state index contributed by atoms with van der Waals surface area (Å²) in [7, 11) is -3.50. The molecule has 2 rings (SSSR count). The van der Waals surface area contributed by atoms with Gasteiger partial charge >= 0.3 is 6.03 Å². The van der Waals surface area contributed by atoms with E-state index in [1.165, 1.54) is 6.42 Å². The fraction of sp³-hybridized carbons (Fsp3) is 0.923. The Bertz CT molecular complexity index is 396. The minimum atomic E-state index is -3.50. The van der Waals surface area contributed by atoms with Gasteiger partial charge in [0.1, 0.15) is 0 Å². The van der Waals surface area contributed by atoms with Crippen LogP contribution in [0, 0.1) is 0 Å². The molecule has 0 aromatic heterocycles. The van der Waals surface area contributed by atoms with E-state index in [0.29, 0.717) is 12.8 Å². The van der Waals surface area contributed by atoms with Gasteiger partial charge in [0.05, 0.1) is 5.25 Å². The van der Waals surface area contributed by atoms with E-state index in [2.05, 4.69) is 10.0 Å². The van der Waals surface area contributed by atoms with Gasteiger partial charge in [-0.1, -0.05) is 38.5 Å². The number of nitrogens with one attached hydrogen (secondary N) is 2. The maximum atomic E-state index is 12.1. The summed E-state index contributed by atoms with van der Waals surface area (Å²) in [5.41, 5.74) is 0. The highest BCUT2D eigenvalue weighted by Gasteiger charge is 2.29. The van der Waals surface area contributed by atoms with Gasteiger partial charge in [-0.25, -0.2) is 17.9 Å². The summed E-state index contributed by atoms with van der Waals surface area (Å²) in [5, 5.41) is 2.39. The summed E-state index contributed by atoms with van der Waals surface area (Å²) < 4.78 is 26.3. The van der Waals surface area contributed by atoms with E-state index in [1.807, 2.05) is 0 Å². The molecule has 2 amide bonds. The highest BCUT2D eigenvalue weighted by Crippen LogP contribution is 2.23. The lowest BCUT2D eigenvalue weighted by Gasteiger charge is -2.25. The first-order chi connectivity index (χ1) is 9.08. The predicted octanol–water partition coefficient (Wildman–Crippen LogP) is 2.28. The number of rotatable bonds is 3. The molecule has 2 saturated carbocycles. The lowest BCUT2D eigenvalue weighted by atomic mass is 9.96. The van der Waals surface area contributed by atoms with Crippen LogP contribution < -0.4 is 10.0 Å². The van der Waals surface area contributed by atoms with Gasteiger partial charge in [0.2, 0.25) is 10.0 Å². The highest BCUT2D eigenvalue weighted by atomic mass is 32.2. The topological polar surface area (TPSA) is 75.3 Å². The minimum absolute atomic E-state index is 0.135. The van der Waals surface area contributed by atoms with Crippen molar-refractivity contribution in [2.24, 2.45) is 0 Å². The van der Waals surface area contributed by atoms with Crippen LogP contribution in [0.3, 0.4) is 0 Å². The second kappa shape index (κ2) is 6.59. The Labute approximate surface area is 115 Å². The van der Waals surface area contributed by atoms with Crippen LogP contribution in [0.5, 0.6) is 0 Å². The summed E-state index contributed by atoms with van der Waals surface area (Å²) in [5.74, 6) is 0. The largest absolute Gasteiger partial charge is 0.335 e. The van der Waals surface area contributed by atoms with E-state index in [0.717, 1.165) is 44.9 Å². The predicted molar refractivity (Wildman–Crippen MR) is 74.3 cm³/mol. The number of amides is 2. The number of urea groups is 1. The lowest BCUT2D eigenvalue weighted by molar-refractivity contribution is 0.237. The zero-order valence-corrected chi connectivity index (χ0v) is 12.2. The Morgan fingerprint density at radius 3 is 1.95 bits per heavy atom. The van der Waals surface area contributed by atoms with Crippen molar-refractivity contribution in [3.63, 3.8) is 0 Å². The molecule has 19 heavy (non-hydrogen) atoms. The van der Waals surface area contributed by atoms with Crippen LogP contribution in [-0.2, 0) is 10.0 Å². The fourth-order valence-corrected chi connectivity index (χ4v) is 4.49. The van der Waals surface area contributed by atoms with Crippen molar-refractivity contribution in [1.29, 1.82) is 0 Å². The quantitative estimate of drug-likeness (QED) is 0.836. The molecule has 0 bridgehead atoms. The molecule has 0 aliphatic heterocycles. The molecule has 0 heterocycles. The van der Waals surface area contributed by atoms with Gasteiger partial charge in [0.15, 0.2) is 0 Å². The van der Waals surface area contributed by atoms with Gasteiger partial charge < -0.3 is 5.32 Å². The van der Waals surface area contributed by atoms with Crippen molar-refractivity contribution in [2.75, 3.05) is 0 Å². The van der Waals surface area contributed by atoms with Gasteiger partial charge in [0.25, 0.3) is 0 Å². The first kappa shape index (κ1) is 14.6. The Morgan fingerprint density at radius 2 is 1.37 bits per heavy atom. The third-order valence-corrected chi connectivity index (χ3v) is 5.99. The molecular formula is C13H24N2O3S. The Morgan fingerprint density at radius 1 is 0.842 bits per heavy atom. The Hall–Kier alpha value is -0.780. The first-order valence-corrected chi connectivity index (χ1v) is 8.95. The first-order valence-electron chi connectivity index (χ1n) is 7.40. The van der Waals surface area contributed by atoms with Crippen molar-refractivity contribution in [2.45, 2.75) is 75.5 Å². The molecule has 2 N–H and O–H groups in total. The average molecular weight is 288 g/mol. The molecule has 0 aromatic carbocycles. The van der Waals surface area contributed by atoms with Gasteiger partial charge in [0, 0.05) is 6.04 Å². The lowest BCUT2D eigenvalue weighted by Crippen LogP contribution is -2.48. The number of carbonyl (C=O) groups excluding carboxylic acids is 1. The van der Waals surface area contributed by atoms with Gasteiger partial charge in [-0.2, -0.15) is 0 Å². The van der Waals surface area contributed by atoms with E-state index < -0.39 is 21.3 Å². The van der Waals surface area contributed by atoms with Gasteiger partial charge in [-0.15, -0.1) is 0 Å². The SMILES string of the molecule is O=C(NC1CCCCC1)NS(=O)(=O)C1CCCCC1. The van der Waals surface area contributed by atoms with E-state index >= 15 is 0 Å². The van der Waals surface area contributed by atoms with Crippen LogP contribution >= 0.6 is 0 Å². The van der Waals surface area contributed by atoms with Gasteiger partial charge in [-0.05, 0) is 25.7 Å². The van der Waals surface area contributed by atoms with Crippen LogP contribution in [0.2, 0.25) is 0 Å². The third-order valence-electron chi connectivity index (χ3n) is 4.17. The molecular weight excluding hydrogens is 264 g/mol. The molecule has 0 aromatic rings. The molecule has 110 valence electrons. The molecule has 0 radical (unpaired) electrons. The molecule has 5 nitrogen and oxygen atoms in total. The molecule has 2 fully saturated rings. The maximum absolute atomic E-state index is 12.1. The third kappa shape index (κ3) is 4.37. The fourth-order valence-electron chi connectivity index (χ4n) is 3.05. The molecule has 0 saturated heterocycles. The van der Waals surface area contributed by atoms with Gasteiger partial charge in [-0.3, -0.25) is 0 Å². The van der Waals surface area contributed by atoms with E-state index in [1.54, 1.807) is 0 Å². The standard InChI is InChI=1S/C13H24N2O3S/c16-13(14-11-7-3-1-4-8-11)15-19(17,18)12-9-5-2-6-10-12/h11-12H,1-10H2,(H2,14,15,16). The smallest absolute Gasteiger partial charge is 0.328 e. The van der Waals surface area contributed by atoms with Crippen LogP contribution in [0.25, 0.3) is 0 Å². The number of carbonyl (C=O) groups is 1. The zero-order valence-electron chi connectivity index (χ0n) is 11.4. The number of hydrogen-bond acceptors (Lipinski definition) is 3. The van der Waals surface area contributed by atoms with E-state index in [4.69, 9.17) is 0 Å². The summed E-state index contributed by atoms with van der Waals surface area (Å²) in [4.78, 5) is 11.8. The maximum Gasteiger partial charge on any atom is 0.328 e. The summed E-state index contributed by atoms with van der Waals surface area (Å²) in [6, 6.07) is -0.409. The average Bonchev–Trinajstić information content (AvgIpc) is 2.40. The summed E-state index contributed by atoms with van der Waals surface area (Å²) in [6.45, 7) is 0. The van der Waals surface area contributed by atoms with Crippen molar-refractivity contribution < 1.29 is 13.2 Å². The minimum Gasteiger partial charge on any atom is -0.335 e. The van der Waals surface area contributed by atoms with E-state index in [-0.39, 0.29) is 6.04 Å². The normalized spacial score (nSPS) is 22.9. The monoisotopic (exact) mass is 288 g/mol. The van der Waals surface area contributed by atoms with Crippen LogP contribution in [0.1, 0.15) is 64.2 Å². The molecule has 2 aliphatic carbocycles. The van der Waals surface area contributed by atoms with Crippen molar-refractivity contribution in [3.05, 3.63) is 0 Å². The number of sulfonamides is 1. The molecule has 2 aliphatic rings. The van der Waals surface area contributed by atoms with Crippen LogP contribution in [0.15, 0.2) is 0 Å². The second-order valence-corrected chi connectivity index (χ2v) is 7.68. The van der Waals surface area contributed by atoms with Crippen molar-refractivity contribution in [1.82, 2.24) is 10.0 Å². The molecule has 0 unspecified atom stereocenters. The summed E-state index contributed by atoms with van der Waals surface area (Å²) in [6.07, 6.45) is 9.67. The molecule has 0 spiro atoms. The Kier molecular flexibility index (Phi) is 5.07. The van der Waals surface area contributed by atoms with Crippen LogP contribution in [0.4, 0.5) is 4.79 Å². The number of hydrogen-bond donors (Lipinski definition) is 2. The second-order valence-electron chi connectivity index (χ2n) is 5.72. The zero-order chi connectivity index (χ0) is 13.7. The van der Waals surface area contributed by atoms with Crippen molar-refractivity contribution in [3.8, 4) is 0 Å². The summed E-state index contributed by atoms with van der Waals surface area (Å²) >= 11 is 0. The molecule has 6 heteroatoms. The Balaban J connectivity index is 1.82. The van der Waals surface area contributed by atoms with E-state index in [9.17, 15) is 13.2 Å². The highest BCUT2D eigenvalue weighted by molar-refractivity contribution is 7.90. The van der Waals surface area contributed by atoms with Crippen LogP contribution in [-0.4, -0.2) is 25.7 Å². The van der Waals surface area contributed by atoms with Crippen molar-refractivity contribution >= 4 is 16.1 Å².